The van der Waals surface area contributed by atoms with Crippen molar-refractivity contribution < 1.29 is 27.5 Å². The zero-order valence-corrected chi connectivity index (χ0v) is 12.8. The van der Waals surface area contributed by atoms with Crippen LogP contribution in [0.25, 0.3) is 0 Å². The van der Waals surface area contributed by atoms with Gasteiger partial charge in [0, 0.05) is 18.7 Å². The predicted molar refractivity (Wildman–Crippen MR) is 78.4 cm³/mol. The zero-order chi connectivity index (χ0) is 16.4. The lowest BCUT2D eigenvalue weighted by Gasteiger charge is -2.06. The van der Waals surface area contributed by atoms with Gasteiger partial charge >= 0.3 is 11.9 Å². The van der Waals surface area contributed by atoms with Crippen LogP contribution in [-0.2, 0) is 29.1 Å². The molecule has 22 heavy (non-hydrogen) atoms. The van der Waals surface area contributed by atoms with Crippen LogP contribution in [0.1, 0.15) is 6.92 Å². The van der Waals surface area contributed by atoms with E-state index in [1.54, 1.807) is 25.1 Å². The van der Waals surface area contributed by atoms with Crippen LogP contribution in [0.5, 0.6) is 0 Å². The number of hydrogen-bond acceptors (Lipinski definition) is 6. The number of nitrogens with one attached hydrogen (secondary N) is 1. The first-order valence-electron chi connectivity index (χ1n) is 6.52. The fraction of sp³-hybridized carbons (Fsp3) is 0.286. The summed E-state index contributed by atoms with van der Waals surface area (Å²) >= 11 is 0. The van der Waals surface area contributed by atoms with Gasteiger partial charge in [-0.2, -0.15) is 0 Å². The van der Waals surface area contributed by atoms with Crippen LogP contribution in [0, 0.1) is 0 Å². The number of rotatable bonds is 8. The number of sulfonamides is 1. The minimum absolute atomic E-state index is 0.0732. The third-order valence-electron chi connectivity index (χ3n) is 2.33. The number of carbonyl (C=O) groups is 2. The Labute approximate surface area is 129 Å². The van der Waals surface area contributed by atoms with Crippen LogP contribution >= 0.6 is 0 Å². The van der Waals surface area contributed by atoms with Gasteiger partial charge in [-0.15, -0.1) is 0 Å². The molecule has 0 heterocycles. The topological polar surface area (TPSA) is 98.8 Å². The van der Waals surface area contributed by atoms with Gasteiger partial charge in [0.2, 0.25) is 10.0 Å². The normalized spacial score (nSPS) is 11.3. The number of hydrogen-bond donors (Lipinski definition) is 1. The Morgan fingerprint density at radius 2 is 1.68 bits per heavy atom. The molecule has 0 unspecified atom stereocenters. The van der Waals surface area contributed by atoms with Gasteiger partial charge < -0.3 is 9.47 Å². The SMILES string of the molecule is CCOC(=O)/C=C/C(=O)OCCNS(=O)(=O)c1ccccc1. The lowest BCUT2D eigenvalue weighted by molar-refractivity contribution is -0.140. The number of carbonyl (C=O) groups excluding carboxylic acids is 2. The van der Waals surface area contributed by atoms with Gasteiger partial charge in [-0.3, -0.25) is 0 Å². The number of esters is 2. The summed E-state index contributed by atoms with van der Waals surface area (Å²) in [7, 11) is -3.62. The first kappa shape index (κ1) is 17.9. The molecule has 0 saturated carbocycles. The maximum absolute atomic E-state index is 11.8. The summed E-state index contributed by atoms with van der Waals surface area (Å²) in [5.41, 5.74) is 0. The van der Waals surface area contributed by atoms with Crippen molar-refractivity contribution in [3.8, 4) is 0 Å². The van der Waals surface area contributed by atoms with Crippen LogP contribution in [0.2, 0.25) is 0 Å². The summed E-state index contributed by atoms with van der Waals surface area (Å²) in [6, 6.07) is 7.83. The number of benzene rings is 1. The third kappa shape index (κ3) is 6.51. The summed E-state index contributed by atoms with van der Waals surface area (Å²) in [6.45, 7) is 1.62. The van der Waals surface area contributed by atoms with Crippen molar-refractivity contribution in [2.24, 2.45) is 0 Å². The summed E-state index contributed by atoms with van der Waals surface area (Å²) in [5.74, 6) is -1.41. The van der Waals surface area contributed by atoms with Gasteiger partial charge in [-0.25, -0.2) is 22.7 Å². The summed E-state index contributed by atoms with van der Waals surface area (Å²) in [6.07, 6.45) is 1.86. The first-order valence-corrected chi connectivity index (χ1v) is 8.00. The molecule has 8 heteroatoms. The zero-order valence-electron chi connectivity index (χ0n) is 12.0. The van der Waals surface area contributed by atoms with Crippen molar-refractivity contribution >= 4 is 22.0 Å². The molecule has 0 aliphatic carbocycles. The van der Waals surface area contributed by atoms with E-state index in [-0.39, 0.29) is 24.7 Å². The van der Waals surface area contributed by atoms with Crippen molar-refractivity contribution in [3.63, 3.8) is 0 Å². The molecule has 0 spiro atoms. The molecule has 120 valence electrons. The molecular formula is C14H17NO6S. The molecule has 1 aromatic carbocycles. The average molecular weight is 327 g/mol. The van der Waals surface area contributed by atoms with Crippen molar-refractivity contribution in [1.82, 2.24) is 4.72 Å². The molecule has 0 aliphatic rings. The molecule has 1 aromatic rings. The Bertz CT molecular complexity index is 624. The second-order valence-electron chi connectivity index (χ2n) is 3.96. The molecule has 0 amide bonds. The standard InChI is InChI=1S/C14H17NO6S/c1-2-20-13(16)8-9-14(17)21-11-10-15-22(18,19)12-6-4-3-5-7-12/h3-9,15H,2,10-11H2,1H3/b9-8+. The van der Waals surface area contributed by atoms with Gasteiger partial charge in [0.05, 0.1) is 11.5 Å². The molecule has 0 radical (unpaired) electrons. The van der Waals surface area contributed by atoms with Crippen molar-refractivity contribution in [3.05, 3.63) is 42.5 Å². The average Bonchev–Trinajstić information content (AvgIpc) is 2.51. The second-order valence-corrected chi connectivity index (χ2v) is 5.73. The summed E-state index contributed by atoms with van der Waals surface area (Å²) in [4.78, 5) is 22.3. The van der Waals surface area contributed by atoms with E-state index in [2.05, 4.69) is 9.46 Å². The molecule has 0 aliphatic heterocycles. The molecule has 0 bridgehead atoms. The van der Waals surface area contributed by atoms with E-state index in [9.17, 15) is 18.0 Å². The van der Waals surface area contributed by atoms with Crippen molar-refractivity contribution in [1.29, 1.82) is 0 Å². The molecule has 1 rings (SSSR count). The van der Waals surface area contributed by atoms with E-state index in [0.717, 1.165) is 12.2 Å². The van der Waals surface area contributed by atoms with Crippen LogP contribution in [0.3, 0.4) is 0 Å². The van der Waals surface area contributed by atoms with Gasteiger partial charge in [0.15, 0.2) is 0 Å². The molecule has 0 atom stereocenters. The highest BCUT2D eigenvalue weighted by Crippen LogP contribution is 2.06. The molecule has 0 fully saturated rings. The van der Waals surface area contributed by atoms with Crippen LogP contribution in [0.4, 0.5) is 0 Å². The molecule has 0 aromatic heterocycles. The highest BCUT2D eigenvalue weighted by atomic mass is 32.2. The first-order chi connectivity index (χ1) is 10.5. The van der Waals surface area contributed by atoms with Crippen molar-refractivity contribution in [2.75, 3.05) is 19.8 Å². The van der Waals surface area contributed by atoms with Gasteiger partial charge in [-0.1, -0.05) is 18.2 Å². The largest absolute Gasteiger partial charge is 0.463 e. The van der Waals surface area contributed by atoms with Gasteiger partial charge in [-0.05, 0) is 19.1 Å². The molecule has 1 N–H and O–H groups in total. The fourth-order valence-corrected chi connectivity index (χ4v) is 2.42. The Balaban J connectivity index is 2.33. The highest BCUT2D eigenvalue weighted by molar-refractivity contribution is 7.89. The Hall–Kier alpha value is -2.19. The summed E-state index contributed by atoms with van der Waals surface area (Å²) in [5, 5.41) is 0. The monoisotopic (exact) mass is 327 g/mol. The maximum Gasteiger partial charge on any atom is 0.331 e. The Kier molecular flexibility index (Phi) is 7.27. The number of ether oxygens (including phenoxy) is 2. The minimum atomic E-state index is -3.62. The smallest absolute Gasteiger partial charge is 0.331 e. The Morgan fingerprint density at radius 3 is 2.27 bits per heavy atom. The minimum Gasteiger partial charge on any atom is -0.463 e. The van der Waals surface area contributed by atoms with E-state index < -0.39 is 22.0 Å². The van der Waals surface area contributed by atoms with Gasteiger partial charge in [0.1, 0.15) is 6.61 Å². The maximum atomic E-state index is 11.8. The lowest BCUT2D eigenvalue weighted by atomic mass is 10.4. The molecular weight excluding hydrogens is 310 g/mol. The van der Waals surface area contributed by atoms with Gasteiger partial charge in [0.25, 0.3) is 0 Å². The molecule has 7 nitrogen and oxygen atoms in total. The van der Waals surface area contributed by atoms with Crippen LogP contribution < -0.4 is 4.72 Å². The quantitative estimate of drug-likeness (QED) is 0.427. The predicted octanol–water partition coefficient (Wildman–Crippen LogP) is 0.627. The fourth-order valence-electron chi connectivity index (χ4n) is 1.39. The lowest BCUT2D eigenvalue weighted by Crippen LogP contribution is -2.28. The van der Waals surface area contributed by atoms with Crippen molar-refractivity contribution in [2.45, 2.75) is 11.8 Å². The van der Waals surface area contributed by atoms with E-state index >= 15 is 0 Å². The van der Waals surface area contributed by atoms with Crippen LogP contribution in [-0.4, -0.2) is 40.1 Å². The van der Waals surface area contributed by atoms with E-state index in [1.807, 2.05) is 0 Å². The third-order valence-corrected chi connectivity index (χ3v) is 3.81. The highest BCUT2D eigenvalue weighted by Gasteiger charge is 2.12. The van der Waals surface area contributed by atoms with Crippen LogP contribution in [0.15, 0.2) is 47.4 Å². The van der Waals surface area contributed by atoms with E-state index in [1.165, 1.54) is 12.1 Å². The summed E-state index contributed by atoms with van der Waals surface area (Å²) < 4.78 is 35.3. The second kappa shape index (κ2) is 8.96. The molecule has 0 saturated heterocycles. The van der Waals surface area contributed by atoms with E-state index in [4.69, 9.17) is 4.74 Å². The Morgan fingerprint density at radius 1 is 1.09 bits per heavy atom. The van der Waals surface area contributed by atoms with E-state index in [0.29, 0.717) is 0 Å².